The molecule has 1 atom stereocenters. The third-order valence-corrected chi connectivity index (χ3v) is 3.95. The molecule has 0 saturated heterocycles. The first-order valence-corrected chi connectivity index (χ1v) is 6.54. The van der Waals surface area contributed by atoms with Gasteiger partial charge in [0.15, 0.2) is 11.6 Å². The Morgan fingerprint density at radius 2 is 2.18 bits per heavy atom. The number of nitrogens with two attached hydrogens (primary N) is 1. The van der Waals surface area contributed by atoms with Crippen molar-refractivity contribution < 1.29 is 8.78 Å². The first kappa shape index (κ1) is 12.6. The summed E-state index contributed by atoms with van der Waals surface area (Å²) < 4.78 is 26.4. The largest absolute Gasteiger partial charge is 0.324 e. The number of halogens is 3. The minimum atomic E-state index is -0.905. The lowest BCUT2D eigenvalue weighted by Crippen LogP contribution is -2.14. The van der Waals surface area contributed by atoms with Crippen molar-refractivity contribution in [3.63, 3.8) is 0 Å². The van der Waals surface area contributed by atoms with Gasteiger partial charge in [0.05, 0.1) is 9.48 Å². The summed E-state index contributed by atoms with van der Waals surface area (Å²) >= 11 is 4.51. The van der Waals surface area contributed by atoms with Crippen LogP contribution in [0.5, 0.6) is 0 Å². The number of rotatable bonds is 3. The predicted octanol–water partition coefficient (Wildman–Crippen LogP) is 3.43. The number of thiazole rings is 1. The first-order chi connectivity index (χ1) is 8.09. The van der Waals surface area contributed by atoms with E-state index in [1.165, 1.54) is 17.4 Å². The highest BCUT2D eigenvalue weighted by Crippen LogP contribution is 2.28. The van der Waals surface area contributed by atoms with Crippen LogP contribution in [0.2, 0.25) is 0 Å². The van der Waals surface area contributed by atoms with Crippen LogP contribution in [-0.2, 0) is 6.42 Å². The summed E-state index contributed by atoms with van der Waals surface area (Å²) in [6.07, 6.45) is 2.19. The quantitative estimate of drug-likeness (QED) is 0.881. The van der Waals surface area contributed by atoms with Crippen molar-refractivity contribution in [1.29, 1.82) is 0 Å². The fraction of sp³-hybridized carbons (Fsp3) is 0.182. The minimum absolute atomic E-state index is 0.0848. The molecule has 2 N–H and O–H groups in total. The summed E-state index contributed by atoms with van der Waals surface area (Å²) in [6, 6.07) is 2.16. The standard InChI is InChI=1S/C11H9BrF2N2S/c12-10-6(1-2-7(13)11(10)14)8(15)5-9-16-3-4-17-9/h1-4,8H,5,15H2. The molecule has 6 heteroatoms. The van der Waals surface area contributed by atoms with Crippen molar-refractivity contribution >= 4 is 27.3 Å². The highest BCUT2D eigenvalue weighted by molar-refractivity contribution is 9.10. The zero-order valence-electron chi connectivity index (χ0n) is 8.66. The van der Waals surface area contributed by atoms with E-state index in [1.807, 2.05) is 5.38 Å². The smallest absolute Gasteiger partial charge is 0.173 e. The minimum Gasteiger partial charge on any atom is -0.324 e. The molecule has 2 aromatic rings. The Morgan fingerprint density at radius 1 is 1.41 bits per heavy atom. The Balaban J connectivity index is 2.25. The molecule has 1 heterocycles. The molecule has 0 saturated carbocycles. The van der Waals surface area contributed by atoms with Gasteiger partial charge in [-0.15, -0.1) is 11.3 Å². The SMILES string of the molecule is NC(Cc1nccs1)c1ccc(F)c(F)c1Br. The van der Waals surface area contributed by atoms with E-state index in [1.54, 1.807) is 6.20 Å². The molecule has 17 heavy (non-hydrogen) atoms. The molecule has 0 spiro atoms. The fourth-order valence-electron chi connectivity index (χ4n) is 1.48. The molecule has 0 aliphatic carbocycles. The molecule has 90 valence electrons. The first-order valence-electron chi connectivity index (χ1n) is 4.87. The molecule has 0 amide bonds. The van der Waals surface area contributed by atoms with Gasteiger partial charge in [0, 0.05) is 24.0 Å². The van der Waals surface area contributed by atoms with Crippen molar-refractivity contribution in [2.45, 2.75) is 12.5 Å². The highest BCUT2D eigenvalue weighted by atomic mass is 79.9. The van der Waals surface area contributed by atoms with Gasteiger partial charge < -0.3 is 5.73 Å². The van der Waals surface area contributed by atoms with Crippen molar-refractivity contribution in [2.75, 3.05) is 0 Å². The van der Waals surface area contributed by atoms with Gasteiger partial charge in [-0.3, -0.25) is 0 Å². The summed E-state index contributed by atoms with van der Waals surface area (Å²) in [5.74, 6) is -1.79. The summed E-state index contributed by atoms with van der Waals surface area (Å²) in [7, 11) is 0. The Bertz CT molecular complexity index is 516. The van der Waals surface area contributed by atoms with Crippen molar-refractivity contribution in [2.24, 2.45) is 5.73 Å². The number of hydrogen-bond acceptors (Lipinski definition) is 3. The molecule has 2 rings (SSSR count). The third kappa shape index (κ3) is 2.70. The van der Waals surface area contributed by atoms with Gasteiger partial charge in [-0.05, 0) is 27.6 Å². The molecule has 0 radical (unpaired) electrons. The molecule has 0 bridgehead atoms. The average Bonchev–Trinajstić information content (AvgIpc) is 2.78. The van der Waals surface area contributed by atoms with E-state index >= 15 is 0 Å². The van der Waals surface area contributed by atoms with Crippen LogP contribution in [-0.4, -0.2) is 4.98 Å². The van der Waals surface area contributed by atoms with E-state index in [4.69, 9.17) is 5.73 Å². The number of benzene rings is 1. The zero-order valence-corrected chi connectivity index (χ0v) is 11.1. The van der Waals surface area contributed by atoms with Crippen LogP contribution in [0.1, 0.15) is 16.6 Å². The van der Waals surface area contributed by atoms with Crippen LogP contribution in [0.15, 0.2) is 28.2 Å². The van der Waals surface area contributed by atoms with E-state index in [2.05, 4.69) is 20.9 Å². The molecule has 0 aliphatic heterocycles. The van der Waals surface area contributed by atoms with Crippen LogP contribution in [0.3, 0.4) is 0 Å². The Kier molecular flexibility index (Phi) is 3.86. The predicted molar refractivity (Wildman–Crippen MR) is 66.8 cm³/mol. The molecular formula is C11H9BrF2N2S. The summed E-state index contributed by atoms with van der Waals surface area (Å²) in [4.78, 5) is 4.11. The Labute approximate surface area is 110 Å². The summed E-state index contributed by atoms with van der Waals surface area (Å²) in [6.45, 7) is 0. The molecule has 1 unspecified atom stereocenters. The van der Waals surface area contributed by atoms with Crippen LogP contribution in [0, 0.1) is 11.6 Å². The Hall–Kier alpha value is -0.850. The van der Waals surface area contributed by atoms with Gasteiger partial charge in [-0.1, -0.05) is 6.07 Å². The van der Waals surface area contributed by atoms with E-state index < -0.39 is 17.7 Å². The fourth-order valence-corrected chi connectivity index (χ4v) is 2.77. The monoisotopic (exact) mass is 318 g/mol. The van der Waals surface area contributed by atoms with E-state index in [9.17, 15) is 8.78 Å². The number of hydrogen-bond donors (Lipinski definition) is 1. The van der Waals surface area contributed by atoms with Crippen molar-refractivity contribution in [3.05, 3.63) is 50.4 Å². The van der Waals surface area contributed by atoms with Gasteiger partial charge in [0.25, 0.3) is 0 Å². The van der Waals surface area contributed by atoms with E-state index in [0.717, 1.165) is 11.1 Å². The van der Waals surface area contributed by atoms with Crippen LogP contribution in [0.4, 0.5) is 8.78 Å². The zero-order chi connectivity index (χ0) is 12.4. The molecule has 1 aromatic carbocycles. The highest BCUT2D eigenvalue weighted by Gasteiger charge is 2.17. The lowest BCUT2D eigenvalue weighted by Gasteiger charge is -2.13. The lowest BCUT2D eigenvalue weighted by atomic mass is 10.0. The summed E-state index contributed by atoms with van der Waals surface area (Å²) in [5.41, 5.74) is 6.49. The number of nitrogens with zero attached hydrogens (tertiary/aromatic N) is 1. The van der Waals surface area contributed by atoms with Crippen molar-refractivity contribution in [1.82, 2.24) is 4.98 Å². The Morgan fingerprint density at radius 3 is 2.82 bits per heavy atom. The van der Waals surface area contributed by atoms with Gasteiger partial charge >= 0.3 is 0 Å². The maximum atomic E-state index is 13.3. The summed E-state index contributed by atoms with van der Waals surface area (Å²) in [5, 5.41) is 2.72. The van der Waals surface area contributed by atoms with Gasteiger partial charge in [0.1, 0.15) is 0 Å². The topological polar surface area (TPSA) is 38.9 Å². The molecule has 1 aromatic heterocycles. The van der Waals surface area contributed by atoms with Gasteiger partial charge in [-0.2, -0.15) is 0 Å². The average molecular weight is 319 g/mol. The molecule has 0 aliphatic rings. The normalized spacial score (nSPS) is 12.7. The van der Waals surface area contributed by atoms with E-state index in [-0.39, 0.29) is 4.47 Å². The second kappa shape index (κ2) is 5.20. The van der Waals surface area contributed by atoms with Crippen LogP contribution >= 0.6 is 27.3 Å². The second-order valence-electron chi connectivity index (χ2n) is 3.50. The maximum absolute atomic E-state index is 13.3. The van der Waals surface area contributed by atoms with Crippen LogP contribution < -0.4 is 5.73 Å². The van der Waals surface area contributed by atoms with Gasteiger partial charge in [-0.25, -0.2) is 13.8 Å². The second-order valence-corrected chi connectivity index (χ2v) is 5.27. The number of aromatic nitrogens is 1. The van der Waals surface area contributed by atoms with Gasteiger partial charge in [0.2, 0.25) is 0 Å². The third-order valence-electron chi connectivity index (χ3n) is 2.34. The molecular weight excluding hydrogens is 310 g/mol. The van der Waals surface area contributed by atoms with Crippen molar-refractivity contribution in [3.8, 4) is 0 Å². The molecule has 0 fully saturated rings. The molecule has 2 nitrogen and oxygen atoms in total. The maximum Gasteiger partial charge on any atom is 0.173 e. The van der Waals surface area contributed by atoms with Crippen LogP contribution in [0.25, 0.3) is 0 Å². The lowest BCUT2D eigenvalue weighted by molar-refractivity contribution is 0.500. The van der Waals surface area contributed by atoms with E-state index in [0.29, 0.717) is 12.0 Å².